The zero-order chi connectivity index (χ0) is 14.9. The van der Waals surface area contributed by atoms with Gasteiger partial charge in [-0.2, -0.15) is 13.2 Å². The van der Waals surface area contributed by atoms with Gasteiger partial charge in [0.15, 0.2) is 0 Å². The Hall–Kier alpha value is -0.790. The maximum absolute atomic E-state index is 13.2. The zero-order valence-electron chi connectivity index (χ0n) is 11.1. The summed E-state index contributed by atoms with van der Waals surface area (Å²) >= 11 is 3.25. The lowest BCUT2D eigenvalue weighted by atomic mass is 10.1. The Labute approximate surface area is 124 Å². The van der Waals surface area contributed by atoms with Crippen molar-refractivity contribution < 1.29 is 13.2 Å². The van der Waals surface area contributed by atoms with Crippen LogP contribution >= 0.6 is 15.9 Å². The number of nitrogens with zero attached hydrogens (tertiary/aromatic N) is 2. The summed E-state index contributed by atoms with van der Waals surface area (Å²) in [6, 6.07) is 3.95. The first-order valence-electron chi connectivity index (χ1n) is 6.35. The maximum atomic E-state index is 13.2. The van der Waals surface area contributed by atoms with Gasteiger partial charge in [-0.1, -0.05) is 15.9 Å². The summed E-state index contributed by atoms with van der Waals surface area (Å²) in [6.07, 6.45) is -4.36. The van der Waals surface area contributed by atoms with Gasteiger partial charge in [-0.3, -0.25) is 0 Å². The van der Waals surface area contributed by atoms with E-state index in [1.165, 1.54) is 12.1 Å². The van der Waals surface area contributed by atoms with E-state index < -0.39 is 11.7 Å². The van der Waals surface area contributed by atoms with Crippen molar-refractivity contribution in [3.63, 3.8) is 0 Å². The van der Waals surface area contributed by atoms with E-state index >= 15 is 0 Å². The molecule has 2 N–H and O–H groups in total. The monoisotopic (exact) mass is 351 g/mol. The first-order chi connectivity index (χ1) is 9.32. The molecule has 0 bridgehead atoms. The molecule has 1 atom stereocenters. The number of piperazine rings is 1. The first-order valence-corrected chi connectivity index (χ1v) is 7.14. The van der Waals surface area contributed by atoms with Gasteiger partial charge in [0.05, 0.1) is 17.3 Å². The number of hydrogen-bond donors (Lipinski definition) is 1. The lowest BCUT2D eigenvalue weighted by Crippen LogP contribution is -2.55. The molecule has 1 aromatic rings. The molecule has 0 radical (unpaired) electrons. The number of rotatable bonds is 2. The molecule has 7 heteroatoms. The second-order valence-corrected chi connectivity index (χ2v) is 5.92. The third kappa shape index (κ3) is 3.27. The number of likely N-dealkylation sites (N-methyl/N-ethyl adjacent to an activating group) is 1. The molecule has 0 spiro atoms. The number of benzene rings is 1. The average Bonchev–Trinajstić information content (AvgIpc) is 2.37. The molecule has 0 aromatic heterocycles. The minimum absolute atomic E-state index is 0.107. The fraction of sp³-hybridized carbons (Fsp3) is 0.538. The summed E-state index contributed by atoms with van der Waals surface area (Å²) in [5.74, 6) is 0. The Morgan fingerprint density at radius 1 is 1.35 bits per heavy atom. The predicted octanol–water partition coefficient (Wildman–Crippen LogP) is 2.55. The van der Waals surface area contributed by atoms with Crippen molar-refractivity contribution in [2.24, 2.45) is 5.73 Å². The molecule has 0 aliphatic carbocycles. The molecule has 3 nitrogen and oxygen atoms in total. The molecule has 1 aromatic carbocycles. The third-order valence-electron chi connectivity index (χ3n) is 3.53. The Balaban J connectivity index is 2.42. The predicted molar refractivity (Wildman–Crippen MR) is 76.8 cm³/mol. The van der Waals surface area contributed by atoms with Crippen molar-refractivity contribution in [2.45, 2.75) is 12.2 Å². The number of hydrogen-bond acceptors (Lipinski definition) is 3. The first kappa shape index (κ1) is 15.6. The largest absolute Gasteiger partial charge is 0.418 e. The molecule has 1 saturated heterocycles. The van der Waals surface area contributed by atoms with Gasteiger partial charge in [0.1, 0.15) is 0 Å². The Morgan fingerprint density at radius 3 is 2.65 bits per heavy atom. The Bertz CT molecular complexity index is 478. The standard InChI is InChI=1S/C13H17BrF3N3/c1-19-4-5-20(10(7-18)8-19)12-6-9(14)2-3-11(12)13(15,16)17/h2-3,6,10H,4-5,7-8,18H2,1H3. The number of nitrogens with two attached hydrogens (primary N) is 1. The van der Waals surface area contributed by atoms with Crippen LogP contribution in [0.5, 0.6) is 0 Å². The quantitative estimate of drug-likeness (QED) is 0.888. The van der Waals surface area contributed by atoms with E-state index in [4.69, 9.17) is 5.73 Å². The lowest BCUT2D eigenvalue weighted by Gasteiger charge is -2.42. The fourth-order valence-electron chi connectivity index (χ4n) is 2.51. The summed E-state index contributed by atoms with van der Waals surface area (Å²) in [7, 11) is 1.95. The topological polar surface area (TPSA) is 32.5 Å². The van der Waals surface area contributed by atoms with E-state index in [2.05, 4.69) is 20.8 Å². The highest BCUT2D eigenvalue weighted by atomic mass is 79.9. The molecule has 112 valence electrons. The summed E-state index contributed by atoms with van der Waals surface area (Å²) in [4.78, 5) is 3.85. The van der Waals surface area contributed by atoms with Gasteiger partial charge in [0.25, 0.3) is 0 Å². The summed E-state index contributed by atoms with van der Waals surface area (Å²) < 4.78 is 40.1. The smallest absolute Gasteiger partial charge is 0.364 e. The minimum Gasteiger partial charge on any atom is -0.364 e. The van der Waals surface area contributed by atoms with Crippen molar-refractivity contribution in [2.75, 3.05) is 38.1 Å². The summed E-state index contributed by atoms with van der Waals surface area (Å²) in [6.45, 7) is 2.26. The summed E-state index contributed by atoms with van der Waals surface area (Å²) in [5, 5.41) is 0. The molecule has 20 heavy (non-hydrogen) atoms. The van der Waals surface area contributed by atoms with Crippen LogP contribution in [-0.4, -0.2) is 44.2 Å². The van der Waals surface area contributed by atoms with Crippen LogP contribution in [0.3, 0.4) is 0 Å². The van der Waals surface area contributed by atoms with Crippen LogP contribution in [0.15, 0.2) is 22.7 Å². The van der Waals surface area contributed by atoms with Crippen LogP contribution in [0, 0.1) is 0 Å². The van der Waals surface area contributed by atoms with Gasteiger partial charge in [0.2, 0.25) is 0 Å². The van der Waals surface area contributed by atoms with E-state index in [0.717, 1.165) is 12.6 Å². The molecular weight excluding hydrogens is 335 g/mol. The molecule has 1 unspecified atom stereocenters. The molecule has 1 fully saturated rings. The van der Waals surface area contributed by atoms with Gasteiger partial charge >= 0.3 is 6.18 Å². The average molecular weight is 352 g/mol. The normalized spacial score (nSPS) is 21.3. The van der Waals surface area contributed by atoms with E-state index in [0.29, 0.717) is 24.1 Å². The van der Waals surface area contributed by atoms with E-state index in [1.54, 1.807) is 4.90 Å². The van der Waals surface area contributed by atoms with Crippen LogP contribution in [0.2, 0.25) is 0 Å². The molecule has 1 heterocycles. The van der Waals surface area contributed by atoms with Crippen molar-refractivity contribution in [3.05, 3.63) is 28.2 Å². The van der Waals surface area contributed by atoms with E-state index in [9.17, 15) is 13.2 Å². The Kier molecular flexibility index (Phi) is 4.61. The second-order valence-electron chi connectivity index (χ2n) is 5.00. The van der Waals surface area contributed by atoms with Crippen LogP contribution in [0.4, 0.5) is 18.9 Å². The highest BCUT2D eigenvalue weighted by molar-refractivity contribution is 9.10. The highest BCUT2D eigenvalue weighted by Crippen LogP contribution is 2.39. The summed E-state index contributed by atoms with van der Waals surface area (Å²) in [5.41, 5.74) is 5.33. The molecule has 0 saturated carbocycles. The van der Waals surface area contributed by atoms with Crippen molar-refractivity contribution >= 4 is 21.6 Å². The van der Waals surface area contributed by atoms with Crippen LogP contribution in [0.25, 0.3) is 0 Å². The molecule has 1 aliphatic heterocycles. The van der Waals surface area contributed by atoms with Crippen molar-refractivity contribution in [3.8, 4) is 0 Å². The fourth-order valence-corrected chi connectivity index (χ4v) is 2.86. The van der Waals surface area contributed by atoms with Gasteiger partial charge in [-0.15, -0.1) is 0 Å². The van der Waals surface area contributed by atoms with Crippen LogP contribution in [0.1, 0.15) is 5.56 Å². The number of anilines is 1. The lowest BCUT2D eigenvalue weighted by molar-refractivity contribution is -0.137. The molecule has 0 amide bonds. The zero-order valence-corrected chi connectivity index (χ0v) is 12.7. The van der Waals surface area contributed by atoms with Crippen LogP contribution in [-0.2, 0) is 6.18 Å². The Morgan fingerprint density at radius 2 is 2.05 bits per heavy atom. The molecular formula is C13H17BrF3N3. The molecule has 1 aliphatic rings. The number of alkyl halides is 3. The number of halogens is 4. The van der Waals surface area contributed by atoms with Gasteiger partial charge < -0.3 is 15.5 Å². The van der Waals surface area contributed by atoms with Crippen molar-refractivity contribution in [1.82, 2.24) is 4.90 Å². The highest BCUT2D eigenvalue weighted by Gasteiger charge is 2.37. The van der Waals surface area contributed by atoms with Gasteiger partial charge in [-0.25, -0.2) is 0 Å². The van der Waals surface area contributed by atoms with E-state index in [-0.39, 0.29) is 11.7 Å². The van der Waals surface area contributed by atoms with Gasteiger partial charge in [-0.05, 0) is 25.2 Å². The van der Waals surface area contributed by atoms with Gasteiger partial charge in [0, 0.05) is 30.7 Å². The third-order valence-corrected chi connectivity index (χ3v) is 4.03. The molecule has 2 rings (SSSR count). The SMILES string of the molecule is CN1CCN(c2cc(Br)ccc2C(F)(F)F)C(CN)C1. The van der Waals surface area contributed by atoms with Crippen LogP contribution < -0.4 is 10.6 Å². The maximum Gasteiger partial charge on any atom is 0.418 e. The van der Waals surface area contributed by atoms with Crippen molar-refractivity contribution in [1.29, 1.82) is 0 Å². The minimum atomic E-state index is -4.36. The van der Waals surface area contributed by atoms with E-state index in [1.807, 2.05) is 7.05 Å². The second kappa shape index (κ2) is 5.91.